The van der Waals surface area contributed by atoms with Gasteiger partial charge in [0, 0.05) is 37.8 Å². The van der Waals surface area contributed by atoms with Gasteiger partial charge < -0.3 is 9.47 Å². The van der Waals surface area contributed by atoms with E-state index in [0.29, 0.717) is 31.3 Å². The summed E-state index contributed by atoms with van der Waals surface area (Å²) in [5.74, 6) is -0.249. The Morgan fingerprint density at radius 2 is 1.71 bits per heavy atom. The maximum Gasteiger partial charge on any atom is 0.313 e. The zero-order valence-corrected chi connectivity index (χ0v) is 16.5. The van der Waals surface area contributed by atoms with Crippen molar-refractivity contribution in [1.29, 1.82) is 0 Å². The molecule has 0 spiro atoms. The second-order valence-corrected chi connectivity index (χ2v) is 7.88. The Balaban J connectivity index is 3.00. The molecule has 24 heavy (non-hydrogen) atoms. The summed E-state index contributed by atoms with van der Waals surface area (Å²) in [6.45, 7) is 8.14. The highest BCUT2D eigenvalue weighted by molar-refractivity contribution is 6.18. The molecule has 0 amide bonds. The molecule has 0 aromatic rings. The molecule has 0 N–H and O–H groups in total. The van der Waals surface area contributed by atoms with Crippen LogP contribution in [-0.4, -0.2) is 59.4 Å². The second-order valence-electron chi connectivity index (χ2n) is 7.13. The molecular formula is C17H29Cl2NO4. The minimum atomic E-state index is -0.573. The lowest BCUT2D eigenvalue weighted by Gasteiger charge is -2.42. The first-order chi connectivity index (χ1) is 11.2. The monoisotopic (exact) mass is 381 g/mol. The van der Waals surface area contributed by atoms with Gasteiger partial charge in [0.2, 0.25) is 0 Å². The van der Waals surface area contributed by atoms with Gasteiger partial charge >= 0.3 is 11.9 Å². The van der Waals surface area contributed by atoms with Gasteiger partial charge in [-0.1, -0.05) is 6.42 Å². The van der Waals surface area contributed by atoms with Crippen LogP contribution in [0.4, 0.5) is 0 Å². The normalized spacial score (nSPS) is 24.7. The van der Waals surface area contributed by atoms with E-state index in [2.05, 4.69) is 4.90 Å². The van der Waals surface area contributed by atoms with Crippen LogP contribution in [0.3, 0.4) is 0 Å². The van der Waals surface area contributed by atoms with Crippen LogP contribution in [0.1, 0.15) is 47.0 Å². The lowest BCUT2D eigenvalue weighted by molar-refractivity contribution is -0.175. The Kier molecular flexibility index (Phi) is 8.82. The molecule has 0 aromatic heterocycles. The van der Waals surface area contributed by atoms with Crippen LogP contribution in [0, 0.1) is 5.92 Å². The van der Waals surface area contributed by atoms with Crippen molar-refractivity contribution in [3.63, 3.8) is 0 Å². The maximum absolute atomic E-state index is 12.6. The fourth-order valence-electron chi connectivity index (χ4n) is 3.18. The molecule has 1 aliphatic rings. The molecule has 1 rings (SSSR count). The smallest absolute Gasteiger partial charge is 0.313 e. The number of hydrogen-bond acceptors (Lipinski definition) is 5. The number of halogens is 2. The molecule has 0 aliphatic heterocycles. The first-order valence-corrected chi connectivity index (χ1v) is 9.52. The van der Waals surface area contributed by atoms with Crippen molar-refractivity contribution in [2.75, 3.05) is 24.8 Å². The van der Waals surface area contributed by atoms with E-state index in [1.165, 1.54) is 6.92 Å². The fraction of sp³-hybridized carbons (Fsp3) is 0.882. The molecule has 5 nitrogen and oxygen atoms in total. The Hall–Kier alpha value is -0.520. The van der Waals surface area contributed by atoms with Gasteiger partial charge in [-0.3, -0.25) is 14.5 Å². The summed E-state index contributed by atoms with van der Waals surface area (Å²) in [6.07, 6.45) is 1.83. The van der Waals surface area contributed by atoms with Crippen molar-refractivity contribution < 1.29 is 19.1 Å². The summed E-state index contributed by atoms with van der Waals surface area (Å²) in [5, 5.41) is 0. The minimum Gasteiger partial charge on any atom is -0.460 e. The van der Waals surface area contributed by atoms with E-state index < -0.39 is 23.6 Å². The summed E-state index contributed by atoms with van der Waals surface area (Å²) >= 11 is 11.8. The average Bonchev–Trinajstić information content (AvgIpc) is 2.45. The van der Waals surface area contributed by atoms with Crippen LogP contribution >= 0.6 is 23.2 Å². The van der Waals surface area contributed by atoms with Gasteiger partial charge in [-0.25, -0.2) is 0 Å². The van der Waals surface area contributed by atoms with E-state index in [1.807, 2.05) is 20.8 Å². The third-order valence-electron chi connectivity index (χ3n) is 4.01. The van der Waals surface area contributed by atoms with Crippen molar-refractivity contribution in [3.05, 3.63) is 0 Å². The Labute approximate surface area is 154 Å². The molecule has 1 aliphatic carbocycles. The molecule has 0 heterocycles. The van der Waals surface area contributed by atoms with E-state index in [-0.39, 0.29) is 12.0 Å². The van der Waals surface area contributed by atoms with Gasteiger partial charge in [0.05, 0.1) is 5.92 Å². The lowest BCUT2D eigenvalue weighted by atomic mass is 9.81. The number of ether oxygens (including phenoxy) is 2. The van der Waals surface area contributed by atoms with Crippen molar-refractivity contribution in [2.45, 2.75) is 64.7 Å². The molecule has 1 saturated carbocycles. The number of carbonyl (C=O) groups is 2. The third kappa shape index (κ3) is 6.77. The van der Waals surface area contributed by atoms with Gasteiger partial charge in [0.1, 0.15) is 11.7 Å². The van der Waals surface area contributed by atoms with Crippen molar-refractivity contribution >= 4 is 35.1 Å². The maximum atomic E-state index is 12.6. The number of esters is 2. The molecule has 0 radical (unpaired) electrons. The van der Waals surface area contributed by atoms with Gasteiger partial charge in [0.25, 0.3) is 0 Å². The molecule has 0 aromatic carbocycles. The van der Waals surface area contributed by atoms with Crippen LogP contribution in [-0.2, 0) is 19.1 Å². The summed E-state index contributed by atoms with van der Waals surface area (Å²) in [7, 11) is 0. The van der Waals surface area contributed by atoms with Crippen molar-refractivity contribution in [2.24, 2.45) is 5.92 Å². The van der Waals surface area contributed by atoms with Gasteiger partial charge in [-0.15, -0.1) is 23.2 Å². The van der Waals surface area contributed by atoms with E-state index >= 15 is 0 Å². The first-order valence-electron chi connectivity index (χ1n) is 8.45. The van der Waals surface area contributed by atoms with Crippen LogP contribution in [0.2, 0.25) is 0 Å². The van der Waals surface area contributed by atoms with Gasteiger partial charge in [-0.2, -0.15) is 0 Å². The van der Waals surface area contributed by atoms with Gasteiger partial charge in [-0.05, 0) is 33.6 Å². The summed E-state index contributed by atoms with van der Waals surface area (Å²) < 4.78 is 11.1. The molecule has 7 heteroatoms. The number of rotatable bonds is 7. The number of alkyl halides is 2. The Morgan fingerprint density at radius 1 is 1.12 bits per heavy atom. The van der Waals surface area contributed by atoms with E-state index in [0.717, 1.165) is 12.8 Å². The average molecular weight is 382 g/mol. The zero-order valence-electron chi connectivity index (χ0n) is 15.0. The summed E-state index contributed by atoms with van der Waals surface area (Å²) in [5.41, 5.74) is -0.573. The van der Waals surface area contributed by atoms with Crippen molar-refractivity contribution in [1.82, 2.24) is 4.90 Å². The van der Waals surface area contributed by atoms with E-state index in [9.17, 15) is 9.59 Å². The first kappa shape index (κ1) is 21.5. The highest BCUT2D eigenvalue weighted by atomic mass is 35.5. The second kappa shape index (κ2) is 9.83. The molecule has 0 saturated heterocycles. The largest absolute Gasteiger partial charge is 0.460 e. The van der Waals surface area contributed by atoms with Crippen molar-refractivity contribution in [3.8, 4) is 0 Å². The third-order valence-corrected chi connectivity index (χ3v) is 4.35. The number of hydrogen-bond donors (Lipinski definition) is 0. The topological polar surface area (TPSA) is 55.8 Å². The molecule has 3 atom stereocenters. The molecular weight excluding hydrogens is 353 g/mol. The predicted molar refractivity (Wildman–Crippen MR) is 95.5 cm³/mol. The number of nitrogens with zero attached hydrogens (tertiary/aromatic N) is 1. The zero-order chi connectivity index (χ0) is 18.3. The fourth-order valence-corrected chi connectivity index (χ4v) is 3.61. The summed E-state index contributed by atoms with van der Waals surface area (Å²) in [4.78, 5) is 26.3. The molecule has 140 valence electrons. The SMILES string of the molecule is CC(=O)O[C@H]1[C@@H](C(=O)OC(C)(C)C)CCC[C@@H]1N(CCCl)CCCl. The van der Waals surface area contributed by atoms with E-state index in [1.54, 1.807) is 0 Å². The molecule has 0 unspecified atom stereocenters. The highest BCUT2D eigenvalue weighted by Crippen LogP contribution is 2.32. The molecule has 0 bridgehead atoms. The highest BCUT2D eigenvalue weighted by Gasteiger charge is 2.43. The van der Waals surface area contributed by atoms with Crippen LogP contribution in [0.5, 0.6) is 0 Å². The standard InChI is InChI=1S/C17H29Cl2NO4/c1-12(21)23-15-13(16(22)24-17(2,3)4)6-5-7-14(15)20(10-8-18)11-9-19/h13-15H,5-11H2,1-4H3/t13-,14-,15-/m0/s1. The Morgan fingerprint density at radius 3 is 2.17 bits per heavy atom. The number of carbonyl (C=O) groups excluding carboxylic acids is 2. The van der Waals surface area contributed by atoms with Crippen LogP contribution in [0.15, 0.2) is 0 Å². The van der Waals surface area contributed by atoms with E-state index in [4.69, 9.17) is 32.7 Å². The quantitative estimate of drug-likeness (QED) is 0.500. The lowest BCUT2D eigenvalue weighted by Crippen LogP contribution is -2.54. The molecule has 1 fully saturated rings. The predicted octanol–water partition coefficient (Wildman–Crippen LogP) is 3.21. The summed E-state index contributed by atoms with van der Waals surface area (Å²) in [6, 6.07) is -0.0716. The van der Waals surface area contributed by atoms with Crippen LogP contribution < -0.4 is 0 Å². The van der Waals surface area contributed by atoms with Crippen LogP contribution in [0.25, 0.3) is 0 Å². The Bertz CT molecular complexity index is 419. The minimum absolute atomic E-state index is 0.0716. The van der Waals surface area contributed by atoms with Gasteiger partial charge in [0.15, 0.2) is 0 Å².